The molecule has 3 rings (SSSR count). The lowest BCUT2D eigenvalue weighted by atomic mass is 9.91. The van der Waals surface area contributed by atoms with Gasteiger partial charge in [-0.3, -0.25) is 14.5 Å². The molecule has 0 saturated carbocycles. The van der Waals surface area contributed by atoms with Gasteiger partial charge in [0.2, 0.25) is 11.8 Å². The summed E-state index contributed by atoms with van der Waals surface area (Å²) >= 11 is 0. The van der Waals surface area contributed by atoms with Crippen LogP contribution in [0.15, 0.2) is 60.7 Å². The van der Waals surface area contributed by atoms with E-state index in [1.807, 2.05) is 65.6 Å². The van der Waals surface area contributed by atoms with Crippen LogP contribution in [-0.2, 0) is 9.59 Å². The summed E-state index contributed by atoms with van der Waals surface area (Å²) in [5, 5.41) is 0. The Morgan fingerprint density at radius 1 is 0.852 bits per heavy atom. The van der Waals surface area contributed by atoms with Gasteiger partial charge in [-0.15, -0.1) is 0 Å². The topological polar surface area (TPSA) is 40.6 Å². The second kappa shape index (κ2) is 8.85. The summed E-state index contributed by atoms with van der Waals surface area (Å²) in [5.74, 6) is 1.08. The van der Waals surface area contributed by atoms with Gasteiger partial charge in [0.25, 0.3) is 0 Å². The van der Waals surface area contributed by atoms with Crippen molar-refractivity contribution in [2.24, 2.45) is 11.8 Å². The van der Waals surface area contributed by atoms with Gasteiger partial charge in [0.05, 0.1) is 0 Å². The molecule has 1 aliphatic rings. The van der Waals surface area contributed by atoms with Crippen molar-refractivity contribution in [2.45, 2.75) is 33.1 Å². The summed E-state index contributed by atoms with van der Waals surface area (Å²) < 4.78 is 0. The van der Waals surface area contributed by atoms with Crippen LogP contribution < -0.4 is 4.90 Å². The smallest absolute Gasteiger partial charge is 0.232 e. The third-order valence-corrected chi connectivity index (χ3v) is 5.05. The third-order valence-electron chi connectivity index (χ3n) is 5.05. The summed E-state index contributed by atoms with van der Waals surface area (Å²) in [6, 6.07) is 19.2. The van der Waals surface area contributed by atoms with Crippen LogP contribution in [0.1, 0.15) is 33.1 Å². The quantitative estimate of drug-likeness (QED) is 0.776. The highest BCUT2D eigenvalue weighted by Crippen LogP contribution is 2.27. The number of hydrogen-bond acceptors (Lipinski definition) is 2. The fourth-order valence-corrected chi connectivity index (χ4v) is 3.94. The highest BCUT2D eigenvalue weighted by molar-refractivity contribution is 6.01. The zero-order chi connectivity index (χ0) is 19.2. The number of hydrogen-bond donors (Lipinski definition) is 0. The minimum atomic E-state index is -0.0566. The van der Waals surface area contributed by atoms with Crippen LogP contribution in [0.5, 0.6) is 0 Å². The Balaban J connectivity index is 1.69. The summed E-state index contributed by atoms with van der Waals surface area (Å²) in [6.07, 6.45) is 1.63. The van der Waals surface area contributed by atoms with E-state index in [0.29, 0.717) is 11.8 Å². The molecule has 0 bridgehead atoms. The van der Waals surface area contributed by atoms with E-state index in [1.54, 1.807) is 4.90 Å². The molecule has 2 unspecified atom stereocenters. The first-order chi connectivity index (χ1) is 13.0. The monoisotopic (exact) mass is 364 g/mol. The Hall–Kier alpha value is -2.62. The molecule has 1 saturated heterocycles. The average Bonchev–Trinajstić information content (AvgIpc) is 2.67. The van der Waals surface area contributed by atoms with Gasteiger partial charge < -0.3 is 4.90 Å². The van der Waals surface area contributed by atoms with Crippen LogP contribution in [0.25, 0.3) is 0 Å². The van der Waals surface area contributed by atoms with Gasteiger partial charge in [-0.05, 0) is 42.5 Å². The molecule has 0 spiro atoms. The number of benzene rings is 2. The maximum absolute atomic E-state index is 13.0. The molecule has 4 heteroatoms. The van der Waals surface area contributed by atoms with Gasteiger partial charge in [0.15, 0.2) is 0 Å². The van der Waals surface area contributed by atoms with Crippen molar-refractivity contribution < 1.29 is 9.59 Å². The number of rotatable bonds is 5. The van der Waals surface area contributed by atoms with Crippen LogP contribution >= 0.6 is 0 Å². The molecule has 1 fully saturated rings. The van der Waals surface area contributed by atoms with Crippen molar-refractivity contribution in [1.29, 1.82) is 0 Å². The van der Waals surface area contributed by atoms with E-state index in [9.17, 15) is 9.59 Å². The summed E-state index contributed by atoms with van der Waals surface area (Å²) in [4.78, 5) is 29.3. The zero-order valence-electron chi connectivity index (χ0n) is 16.2. The van der Waals surface area contributed by atoms with E-state index in [0.717, 1.165) is 24.5 Å². The summed E-state index contributed by atoms with van der Waals surface area (Å²) in [5.41, 5.74) is 1.64. The number of nitrogens with zero attached hydrogens (tertiary/aromatic N) is 2. The first-order valence-corrected chi connectivity index (χ1v) is 9.75. The van der Waals surface area contributed by atoms with Gasteiger partial charge in [0.1, 0.15) is 0 Å². The highest BCUT2D eigenvalue weighted by atomic mass is 16.2. The summed E-state index contributed by atoms with van der Waals surface area (Å²) in [7, 11) is 0. The normalized spacial score (nSPS) is 19.6. The molecule has 2 aromatic carbocycles. The van der Waals surface area contributed by atoms with Crippen molar-refractivity contribution >= 4 is 23.2 Å². The Labute approximate surface area is 161 Å². The predicted molar refractivity (Wildman–Crippen MR) is 109 cm³/mol. The van der Waals surface area contributed by atoms with Gasteiger partial charge >= 0.3 is 0 Å². The predicted octanol–water partition coefficient (Wildman–Crippen LogP) is 4.64. The fraction of sp³-hybridized carbons (Fsp3) is 0.391. The van der Waals surface area contributed by atoms with Crippen molar-refractivity contribution in [3.8, 4) is 0 Å². The molecule has 142 valence electrons. The van der Waals surface area contributed by atoms with E-state index in [2.05, 4.69) is 13.8 Å². The van der Waals surface area contributed by atoms with E-state index >= 15 is 0 Å². The second-order valence-corrected chi connectivity index (χ2v) is 7.65. The van der Waals surface area contributed by atoms with Crippen LogP contribution in [0.3, 0.4) is 0 Å². The van der Waals surface area contributed by atoms with Crippen molar-refractivity contribution in [3.05, 3.63) is 60.7 Å². The zero-order valence-corrected chi connectivity index (χ0v) is 16.2. The maximum atomic E-state index is 13.0. The lowest BCUT2D eigenvalue weighted by molar-refractivity contribution is -0.135. The van der Waals surface area contributed by atoms with E-state index in [4.69, 9.17) is 0 Å². The molecule has 1 heterocycles. The molecule has 0 aromatic heterocycles. The van der Waals surface area contributed by atoms with Crippen LogP contribution in [-0.4, -0.2) is 29.8 Å². The molecule has 2 amide bonds. The SMILES string of the molecule is CC1CC(C)CN(C(=O)CCC(=O)N(c2ccccc2)c2ccccc2)C1. The van der Waals surface area contributed by atoms with Gasteiger partial charge in [-0.2, -0.15) is 0 Å². The van der Waals surface area contributed by atoms with E-state index < -0.39 is 0 Å². The Morgan fingerprint density at radius 2 is 1.33 bits per heavy atom. The van der Waals surface area contributed by atoms with E-state index in [-0.39, 0.29) is 24.7 Å². The number of para-hydroxylation sites is 2. The standard InChI is InChI=1S/C23H28N2O2/c1-18-15-19(2)17-24(16-18)22(26)13-14-23(27)25(20-9-5-3-6-10-20)21-11-7-4-8-12-21/h3-12,18-19H,13-17H2,1-2H3. The molecule has 0 radical (unpaired) electrons. The van der Waals surface area contributed by atoms with Crippen molar-refractivity contribution in [1.82, 2.24) is 4.90 Å². The van der Waals surface area contributed by atoms with Crippen LogP contribution in [0.4, 0.5) is 11.4 Å². The Bertz CT molecular complexity index is 711. The number of amides is 2. The largest absolute Gasteiger partial charge is 0.342 e. The molecule has 27 heavy (non-hydrogen) atoms. The summed E-state index contributed by atoms with van der Waals surface area (Å²) in [6.45, 7) is 5.98. The number of carbonyl (C=O) groups is 2. The fourth-order valence-electron chi connectivity index (χ4n) is 3.94. The average molecular weight is 364 g/mol. The van der Waals surface area contributed by atoms with Gasteiger partial charge in [-0.1, -0.05) is 50.2 Å². The highest BCUT2D eigenvalue weighted by Gasteiger charge is 2.26. The Kier molecular flexibility index (Phi) is 6.28. The van der Waals surface area contributed by atoms with Crippen LogP contribution in [0, 0.1) is 11.8 Å². The number of piperidine rings is 1. The molecule has 0 aliphatic carbocycles. The maximum Gasteiger partial charge on any atom is 0.232 e. The van der Waals surface area contributed by atoms with Crippen molar-refractivity contribution in [2.75, 3.05) is 18.0 Å². The number of anilines is 2. The number of carbonyl (C=O) groups excluding carboxylic acids is 2. The van der Waals surface area contributed by atoms with Crippen molar-refractivity contribution in [3.63, 3.8) is 0 Å². The number of likely N-dealkylation sites (tertiary alicyclic amines) is 1. The molecular formula is C23H28N2O2. The molecule has 0 N–H and O–H groups in total. The third kappa shape index (κ3) is 4.97. The van der Waals surface area contributed by atoms with Crippen LogP contribution in [0.2, 0.25) is 0 Å². The first kappa shape index (κ1) is 19.2. The minimum absolute atomic E-state index is 0.0566. The van der Waals surface area contributed by atoms with Gasteiger partial charge in [-0.25, -0.2) is 0 Å². The second-order valence-electron chi connectivity index (χ2n) is 7.65. The first-order valence-electron chi connectivity index (χ1n) is 9.75. The van der Waals surface area contributed by atoms with E-state index in [1.165, 1.54) is 6.42 Å². The molecular weight excluding hydrogens is 336 g/mol. The molecule has 2 aromatic rings. The Morgan fingerprint density at radius 3 is 1.81 bits per heavy atom. The molecule has 1 aliphatic heterocycles. The lowest BCUT2D eigenvalue weighted by Crippen LogP contribution is -2.42. The lowest BCUT2D eigenvalue weighted by Gasteiger charge is -2.35. The molecule has 2 atom stereocenters. The minimum Gasteiger partial charge on any atom is -0.342 e. The van der Waals surface area contributed by atoms with Gasteiger partial charge in [0, 0.05) is 37.3 Å². The molecule has 4 nitrogen and oxygen atoms in total.